The van der Waals surface area contributed by atoms with Gasteiger partial charge in [0, 0.05) is 0 Å². The van der Waals surface area contributed by atoms with Crippen LogP contribution in [0.4, 0.5) is 0 Å². The lowest BCUT2D eigenvalue weighted by atomic mass is 9.71. The molecule has 0 aliphatic heterocycles. The molecule has 0 radical (unpaired) electrons. The van der Waals surface area contributed by atoms with Gasteiger partial charge in [-0.2, -0.15) is 0 Å². The van der Waals surface area contributed by atoms with Crippen molar-refractivity contribution in [1.29, 1.82) is 0 Å². The van der Waals surface area contributed by atoms with Crippen molar-refractivity contribution in [3.05, 3.63) is 35.9 Å². The van der Waals surface area contributed by atoms with Gasteiger partial charge in [0.2, 0.25) is 0 Å². The molecular weight excluding hydrogens is 356 g/mol. The van der Waals surface area contributed by atoms with Crippen LogP contribution in [0.3, 0.4) is 0 Å². The molecule has 0 heterocycles. The number of unbranched alkanes of at least 4 members (excludes halogenated alkanes) is 8. The predicted octanol–water partition coefficient (Wildman–Crippen LogP) is 8.44. The molecule has 1 aromatic carbocycles. The summed E-state index contributed by atoms with van der Waals surface area (Å²) in [7, 11) is 0. The van der Waals surface area contributed by atoms with Gasteiger partial charge >= 0.3 is 5.97 Å². The van der Waals surface area contributed by atoms with E-state index in [9.17, 15) is 9.90 Å². The van der Waals surface area contributed by atoms with Crippen LogP contribution in [0.1, 0.15) is 116 Å². The smallest absolute Gasteiger partial charge is 0.309 e. The van der Waals surface area contributed by atoms with Crippen LogP contribution in [0, 0.1) is 11.3 Å². The molecule has 2 atom stereocenters. The van der Waals surface area contributed by atoms with Crippen LogP contribution in [-0.4, -0.2) is 11.1 Å². The fourth-order valence-electron chi connectivity index (χ4n) is 4.59. The van der Waals surface area contributed by atoms with Gasteiger partial charge in [-0.1, -0.05) is 122 Å². The Hall–Kier alpha value is -1.31. The first-order valence-electron chi connectivity index (χ1n) is 12.3. The third-order valence-electron chi connectivity index (χ3n) is 6.49. The standard InChI is InChI=1S/C27H46O2/c1-4-6-8-10-11-13-17-24(3)23-27(26(28)29,21-16-9-7-5-2)22-20-25-18-14-12-15-19-25/h12,14-15,18-19,24H,4-11,13,16-17,20-23H2,1-3H3,(H,28,29). The minimum Gasteiger partial charge on any atom is -0.481 e. The van der Waals surface area contributed by atoms with Crippen LogP contribution in [0.25, 0.3) is 0 Å². The molecule has 166 valence electrons. The molecule has 2 unspecified atom stereocenters. The molecule has 0 saturated heterocycles. The van der Waals surface area contributed by atoms with Gasteiger partial charge < -0.3 is 5.11 Å². The van der Waals surface area contributed by atoms with Gasteiger partial charge in [-0.3, -0.25) is 4.79 Å². The minimum absolute atomic E-state index is 0.485. The van der Waals surface area contributed by atoms with Gasteiger partial charge in [-0.25, -0.2) is 0 Å². The third-order valence-corrected chi connectivity index (χ3v) is 6.49. The van der Waals surface area contributed by atoms with Crippen molar-refractivity contribution >= 4 is 5.97 Å². The molecule has 29 heavy (non-hydrogen) atoms. The molecule has 0 bridgehead atoms. The largest absolute Gasteiger partial charge is 0.481 e. The van der Waals surface area contributed by atoms with E-state index >= 15 is 0 Å². The van der Waals surface area contributed by atoms with Crippen molar-refractivity contribution < 1.29 is 9.90 Å². The summed E-state index contributed by atoms with van der Waals surface area (Å²) in [5.74, 6) is -0.0843. The van der Waals surface area contributed by atoms with Crippen LogP contribution >= 0.6 is 0 Å². The molecule has 0 aliphatic carbocycles. The van der Waals surface area contributed by atoms with E-state index in [-0.39, 0.29) is 0 Å². The summed E-state index contributed by atoms with van der Waals surface area (Å²) in [4.78, 5) is 12.5. The number of carboxylic acid groups (broad SMARTS) is 1. The van der Waals surface area contributed by atoms with Crippen LogP contribution in [0.2, 0.25) is 0 Å². The molecule has 0 spiro atoms. The van der Waals surface area contributed by atoms with Gasteiger partial charge in [0.25, 0.3) is 0 Å². The van der Waals surface area contributed by atoms with Gasteiger partial charge in [0.15, 0.2) is 0 Å². The van der Waals surface area contributed by atoms with E-state index < -0.39 is 11.4 Å². The van der Waals surface area contributed by atoms with Crippen molar-refractivity contribution in [2.45, 2.75) is 117 Å². The molecule has 1 aromatic rings. The Morgan fingerprint density at radius 1 is 0.862 bits per heavy atom. The summed E-state index contributed by atoms with van der Waals surface area (Å²) >= 11 is 0. The van der Waals surface area contributed by atoms with E-state index in [1.807, 2.05) is 6.07 Å². The third kappa shape index (κ3) is 10.9. The van der Waals surface area contributed by atoms with Crippen molar-refractivity contribution in [1.82, 2.24) is 0 Å². The van der Waals surface area contributed by atoms with Gasteiger partial charge in [-0.05, 0) is 37.2 Å². The fraction of sp³-hybridized carbons (Fsp3) is 0.741. The first kappa shape index (κ1) is 25.7. The molecule has 1 N–H and O–H groups in total. The fourth-order valence-corrected chi connectivity index (χ4v) is 4.59. The first-order valence-corrected chi connectivity index (χ1v) is 12.3. The molecule has 0 aromatic heterocycles. The van der Waals surface area contributed by atoms with Crippen LogP contribution in [0.5, 0.6) is 0 Å². The highest BCUT2D eigenvalue weighted by molar-refractivity contribution is 5.74. The normalized spacial score (nSPS) is 14.4. The minimum atomic E-state index is -0.570. The maximum absolute atomic E-state index is 12.5. The molecule has 2 nitrogen and oxygen atoms in total. The molecule has 0 amide bonds. The average molecular weight is 403 g/mol. The summed E-state index contributed by atoms with van der Waals surface area (Å²) in [6.45, 7) is 6.74. The number of aliphatic carboxylic acids is 1. The lowest BCUT2D eigenvalue weighted by Crippen LogP contribution is -2.34. The number of hydrogen-bond donors (Lipinski definition) is 1. The number of carbonyl (C=O) groups is 1. The van der Waals surface area contributed by atoms with Crippen LogP contribution in [0.15, 0.2) is 30.3 Å². The molecule has 0 aliphatic rings. The molecular formula is C27H46O2. The second kappa shape index (κ2) is 15.5. The van der Waals surface area contributed by atoms with E-state index in [4.69, 9.17) is 0 Å². The Bertz CT molecular complexity index is 525. The van der Waals surface area contributed by atoms with Gasteiger partial charge in [-0.15, -0.1) is 0 Å². The van der Waals surface area contributed by atoms with E-state index in [0.717, 1.165) is 38.5 Å². The summed E-state index contributed by atoms with van der Waals surface area (Å²) in [6, 6.07) is 10.4. The SMILES string of the molecule is CCCCCCCCC(C)CC(CCCCCC)(CCc1ccccc1)C(=O)O. The van der Waals surface area contributed by atoms with E-state index in [0.29, 0.717) is 5.92 Å². The van der Waals surface area contributed by atoms with Gasteiger partial charge in [0.05, 0.1) is 5.41 Å². The number of hydrogen-bond acceptors (Lipinski definition) is 1. The number of aryl methyl sites for hydroxylation is 1. The highest BCUT2D eigenvalue weighted by Gasteiger charge is 2.38. The highest BCUT2D eigenvalue weighted by Crippen LogP contribution is 2.39. The summed E-state index contributed by atoms with van der Waals surface area (Å²) < 4.78 is 0. The maximum atomic E-state index is 12.5. The zero-order chi connectivity index (χ0) is 21.4. The van der Waals surface area contributed by atoms with E-state index in [1.54, 1.807) is 0 Å². The maximum Gasteiger partial charge on any atom is 0.309 e. The molecule has 0 fully saturated rings. The second-order valence-electron chi connectivity index (χ2n) is 9.25. The lowest BCUT2D eigenvalue weighted by Gasteiger charge is -2.32. The van der Waals surface area contributed by atoms with E-state index in [1.165, 1.54) is 63.4 Å². The first-order chi connectivity index (χ1) is 14.0. The molecule has 2 heteroatoms. The number of benzene rings is 1. The Balaban J connectivity index is 2.66. The zero-order valence-corrected chi connectivity index (χ0v) is 19.4. The topological polar surface area (TPSA) is 37.3 Å². The van der Waals surface area contributed by atoms with Crippen molar-refractivity contribution in [2.24, 2.45) is 11.3 Å². The second-order valence-corrected chi connectivity index (χ2v) is 9.25. The molecule has 1 rings (SSSR count). The summed E-state index contributed by atoms with van der Waals surface area (Å²) in [5.41, 5.74) is 0.695. The Morgan fingerprint density at radius 3 is 2.07 bits per heavy atom. The number of rotatable bonds is 18. The average Bonchev–Trinajstić information content (AvgIpc) is 2.72. The van der Waals surface area contributed by atoms with Crippen molar-refractivity contribution in [3.8, 4) is 0 Å². The van der Waals surface area contributed by atoms with Crippen molar-refractivity contribution in [2.75, 3.05) is 0 Å². The van der Waals surface area contributed by atoms with Crippen LogP contribution in [-0.2, 0) is 11.2 Å². The highest BCUT2D eigenvalue weighted by atomic mass is 16.4. The lowest BCUT2D eigenvalue weighted by molar-refractivity contribution is -0.151. The Morgan fingerprint density at radius 2 is 1.45 bits per heavy atom. The Labute approximate surface area is 180 Å². The van der Waals surface area contributed by atoms with Crippen molar-refractivity contribution in [3.63, 3.8) is 0 Å². The van der Waals surface area contributed by atoms with Gasteiger partial charge in [0.1, 0.15) is 0 Å². The monoisotopic (exact) mass is 402 g/mol. The molecule has 0 saturated carbocycles. The predicted molar refractivity (Wildman–Crippen MR) is 125 cm³/mol. The zero-order valence-electron chi connectivity index (χ0n) is 19.4. The number of carboxylic acids is 1. The Kier molecular flexibility index (Phi) is 13.8. The summed E-state index contributed by atoms with van der Waals surface area (Å²) in [6.07, 6.45) is 16.9. The summed E-state index contributed by atoms with van der Waals surface area (Å²) in [5, 5.41) is 10.3. The van der Waals surface area contributed by atoms with E-state index in [2.05, 4.69) is 45.0 Å². The quantitative estimate of drug-likeness (QED) is 0.250. The van der Waals surface area contributed by atoms with Crippen LogP contribution < -0.4 is 0 Å².